The van der Waals surface area contributed by atoms with Crippen molar-refractivity contribution >= 4 is 5.97 Å². The van der Waals surface area contributed by atoms with Crippen LogP contribution >= 0.6 is 0 Å². The van der Waals surface area contributed by atoms with Crippen LogP contribution in [-0.4, -0.2) is 36.5 Å². The van der Waals surface area contributed by atoms with Crippen molar-refractivity contribution in [2.24, 2.45) is 5.92 Å². The van der Waals surface area contributed by atoms with Gasteiger partial charge in [-0.05, 0) is 5.92 Å². The van der Waals surface area contributed by atoms with Crippen molar-refractivity contribution in [2.45, 2.75) is 26.1 Å². The van der Waals surface area contributed by atoms with E-state index in [2.05, 4.69) is 0 Å². The molecule has 4 heteroatoms. The van der Waals surface area contributed by atoms with Gasteiger partial charge in [0.1, 0.15) is 0 Å². The first kappa shape index (κ1) is 9.48. The van der Waals surface area contributed by atoms with Crippen LogP contribution in [0.15, 0.2) is 0 Å². The van der Waals surface area contributed by atoms with Gasteiger partial charge in [0.15, 0.2) is 6.10 Å². The summed E-state index contributed by atoms with van der Waals surface area (Å²) >= 11 is 0. The van der Waals surface area contributed by atoms with Gasteiger partial charge in [0.05, 0.1) is 19.3 Å². The summed E-state index contributed by atoms with van der Waals surface area (Å²) in [5.74, 6) is -0.764. The van der Waals surface area contributed by atoms with Crippen LogP contribution in [0.3, 0.4) is 0 Å². The number of aliphatic carboxylic acids is 1. The topological polar surface area (TPSA) is 55.8 Å². The Morgan fingerprint density at radius 2 is 2.00 bits per heavy atom. The molecule has 0 spiro atoms. The first-order chi connectivity index (χ1) is 5.63. The van der Waals surface area contributed by atoms with E-state index in [0.717, 1.165) is 0 Å². The number of carboxylic acids is 1. The highest BCUT2D eigenvalue weighted by Crippen LogP contribution is 2.17. The fourth-order valence-corrected chi connectivity index (χ4v) is 1.30. The number of hydrogen-bond acceptors (Lipinski definition) is 3. The average Bonchev–Trinajstić information content (AvgIpc) is 2.04. The fraction of sp³-hybridized carbons (Fsp3) is 0.875. The number of carbonyl (C=O) groups is 1. The van der Waals surface area contributed by atoms with Crippen LogP contribution in [0, 0.1) is 5.92 Å². The second kappa shape index (κ2) is 3.87. The number of rotatable bonds is 2. The Morgan fingerprint density at radius 1 is 1.42 bits per heavy atom. The minimum atomic E-state index is -0.937. The van der Waals surface area contributed by atoms with Gasteiger partial charge >= 0.3 is 5.97 Å². The average molecular weight is 174 g/mol. The normalized spacial score (nSPS) is 30.6. The van der Waals surface area contributed by atoms with Crippen molar-refractivity contribution in [2.75, 3.05) is 13.2 Å². The van der Waals surface area contributed by atoms with E-state index < -0.39 is 12.1 Å². The molecule has 1 N–H and O–H groups in total. The van der Waals surface area contributed by atoms with Gasteiger partial charge in [0.25, 0.3) is 0 Å². The molecule has 12 heavy (non-hydrogen) atoms. The smallest absolute Gasteiger partial charge is 0.335 e. The number of ether oxygens (including phenoxy) is 2. The quantitative estimate of drug-likeness (QED) is 0.662. The van der Waals surface area contributed by atoms with Crippen molar-refractivity contribution in [1.82, 2.24) is 0 Å². The van der Waals surface area contributed by atoms with E-state index in [1.165, 1.54) is 0 Å². The lowest BCUT2D eigenvalue weighted by Gasteiger charge is -2.31. The van der Waals surface area contributed by atoms with Crippen molar-refractivity contribution < 1.29 is 19.4 Å². The van der Waals surface area contributed by atoms with Gasteiger partial charge in [-0.15, -0.1) is 0 Å². The van der Waals surface area contributed by atoms with E-state index in [1.54, 1.807) is 0 Å². The highest BCUT2D eigenvalue weighted by atomic mass is 16.6. The Kier molecular flexibility index (Phi) is 3.05. The minimum absolute atomic E-state index is 0.173. The molecule has 2 atom stereocenters. The summed E-state index contributed by atoms with van der Waals surface area (Å²) in [7, 11) is 0. The molecule has 0 aromatic carbocycles. The van der Waals surface area contributed by atoms with Crippen molar-refractivity contribution in [3.05, 3.63) is 0 Å². The van der Waals surface area contributed by atoms with E-state index >= 15 is 0 Å². The Balaban J connectivity index is 2.60. The highest BCUT2D eigenvalue weighted by molar-refractivity contribution is 5.73. The molecule has 1 aliphatic rings. The molecule has 1 saturated heterocycles. The maximum atomic E-state index is 10.7. The Hall–Kier alpha value is -0.610. The third-order valence-electron chi connectivity index (χ3n) is 1.89. The summed E-state index contributed by atoms with van der Waals surface area (Å²) in [5, 5.41) is 8.75. The molecule has 70 valence electrons. The van der Waals surface area contributed by atoms with Crippen molar-refractivity contribution in [3.8, 4) is 0 Å². The SMILES string of the molecule is CC(C)[C@H]1OCCO[C@@H]1C(=O)O. The van der Waals surface area contributed by atoms with Gasteiger partial charge in [-0.2, -0.15) is 0 Å². The zero-order valence-corrected chi connectivity index (χ0v) is 7.32. The van der Waals surface area contributed by atoms with Gasteiger partial charge in [0, 0.05) is 0 Å². The maximum absolute atomic E-state index is 10.7. The summed E-state index contributed by atoms with van der Waals surface area (Å²) in [6.45, 7) is 4.72. The summed E-state index contributed by atoms with van der Waals surface area (Å²) in [5.41, 5.74) is 0. The molecule has 1 aliphatic heterocycles. The monoisotopic (exact) mass is 174 g/mol. The number of carboxylic acid groups (broad SMARTS) is 1. The lowest BCUT2D eigenvalue weighted by Crippen LogP contribution is -2.46. The predicted molar refractivity (Wildman–Crippen MR) is 42.0 cm³/mol. The molecule has 4 nitrogen and oxygen atoms in total. The van der Waals surface area contributed by atoms with Crippen LogP contribution in [-0.2, 0) is 14.3 Å². The molecule has 1 heterocycles. The molecule has 0 bridgehead atoms. The Labute approximate surface area is 71.5 Å². The van der Waals surface area contributed by atoms with Crippen molar-refractivity contribution in [1.29, 1.82) is 0 Å². The molecule has 0 aromatic rings. The standard InChI is InChI=1S/C8H14O4/c1-5(2)6-7(8(9)10)12-4-3-11-6/h5-7H,3-4H2,1-2H3,(H,9,10)/t6-,7+/m1/s1. The zero-order valence-electron chi connectivity index (χ0n) is 7.32. The van der Waals surface area contributed by atoms with E-state index in [0.29, 0.717) is 13.2 Å². The van der Waals surface area contributed by atoms with E-state index in [4.69, 9.17) is 14.6 Å². The second-order valence-electron chi connectivity index (χ2n) is 3.21. The van der Waals surface area contributed by atoms with E-state index in [9.17, 15) is 4.79 Å². The zero-order chi connectivity index (χ0) is 9.14. The number of hydrogen-bond donors (Lipinski definition) is 1. The first-order valence-electron chi connectivity index (χ1n) is 4.09. The lowest BCUT2D eigenvalue weighted by molar-refractivity contribution is -0.186. The fourth-order valence-electron chi connectivity index (χ4n) is 1.30. The van der Waals surface area contributed by atoms with Crippen LogP contribution in [0.25, 0.3) is 0 Å². The molecule has 0 radical (unpaired) electrons. The minimum Gasteiger partial charge on any atom is -0.479 e. The summed E-state index contributed by atoms with van der Waals surface area (Å²) in [6.07, 6.45) is -1.10. The molecule has 0 saturated carbocycles. The predicted octanol–water partition coefficient (Wildman–Crippen LogP) is 0.511. The van der Waals surface area contributed by atoms with Crippen LogP contribution in [0.2, 0.25) is 0 Å². The molecule has 1 rings (SSSR count). The molecular weight excluding hydrogens is 160 g/mol. The van der Waals surface area contributed by atoms with Gasteiger partial charge in [0.2, 0.25) is 0 Å². The molecule has 0 aromatic heterocycles. The second-order valence-corrected chi connectivity index (χ2v) is 3.21. The van der Waals surface area contributed by atoms with E-state index in [1.807, 2.05) is 13.8 Å². The summed E-state index contributed by atoms with van der Waals surface area (Å²) in [6, 6.07) is 0. The molecule has 0 aliphatic carbocycles. The summed E-state index contributed by atoms with van der Waals surface area (Å²) in [4.78, 5) is 10.7. The first-order valence-corrected chi connectivity index (χ1v) is 4.09. The van der Waals surface area contributed by atoms with Crippen LogP contribution in [0.1, 0.15) is 13.8 Å². The van der Waals surface area contributed by atoms with E-state index in [-0.39, 0.29) is 12.0 Å². The lowest BCUT2D eigenvalue weighted by atomic mass is 10.0. The van der Waals surface area contributed by atoms with Gasteiger partial charge in [-0.25, -0.2) is 4.79 Å². The third-order valence-corrected chi connectivity index (χ3v) is 1.89. The van der Waals surface area contributed by atoms with Gasteiger partial charge in [-0.3, -0.25) is 0 Å². The van der Waals surface area contributed by atoms with Crippen molar-refractivity contribution in [3.63, 3.8) is 0 Å². The summed E-state index contributed by atoms with van der Waals surface area (Å²) < 4.78 is 10.4. The van der Waals surface area contributed by atoms with Gasteiger partial charge in [-0.1, -0.05) is 13.8 Å². The van der Waals surface area contributed by atoms with Gasteiger partial charge < -0.3 is 14.6 Å². The Bertz CT molecular complexity index is 166. The maximum Gasteiger partial charge on any atom is 0.335 e. The molecular formula is C8H14O4. The van der Waals surface area contributed by atoms with Crippen LogP contribution in [0.4, 0.5) is 0 Å². The van der Waals surface area contributed by atoms with Crippen LogP contribution < -0.4 is 0 Å². The molecule has 0 unspecified atom stereocenters. The molecule has 0 amide bonds. The largest absolute Gasteiger partial charge is 0.479 e. The third kappa shape index (κ3) is 1.95. The highest BCUT2D eigenvalue weighted by Gasteiger charge is 2.34. The molecule has 1 fully saturated rings. The van der Waals surface area contributed by atoms with Crippen LogP contribution in [0.5, 0.6) is 0 Å². The Morgan fingerprint density at radius 3 is 2.42 bits per heavy atom.